The summed E-state index contributed by atoms with van der Waals surface area (Å²) in [7, 11) is 4.04. The molecule has 1 aliphatic heterocycles. The van der Waals surface area contributed by atoms with Crippen LogP contribution in [0.1, 0.15) is 38.3 Å². The summed E-state index contributed by atoms with van der Waals surface area (Å²) >= 11 is 6.25. The van der Waals surface area contributed by atoms with Crippen LogP contribution in [0.15, 0.2) is 53.7 Å². The molecule has 0 aromatic heterocycles. The van der Waals surface area contributed by atoms with Gasteiger partial charge in [0, 0.05) is 42.5 Å². The van der Waals surface area contributed by atoms with E-state index in [0.29, 0.717) is 11.4 Å². The van der Waals surface area contributed by atoms with Gasteiger partial charge >= 0.3 is 0 Å². The van der Waals surface area contributed by atoms with E-state index in [-0.39, 0.29) is 17.2 Å². The van der Waals surface area contributed by atoms with Crippen molar-refractivity contribution in [2.24, 2.45) is 5.41 Å². The lowest BCUT2D eigenvalue weighted by atomic mass is 9.73. The Kier molecular flexibility index (Phi) is 4.62. The molecule has 5 heteroatoms. The number of fused-ring (bicyclic) bond motifs is 1. The van der Waals surface area contributed by atoms with Gasteiger partial charge in [0.1, 0.15) is 0 Å². The molecule has 146 valence electrons. The van der Waals surface area contributed by atoms with Crippen LogP contribution in [0.3, 0.4) is 0 Å². The molecule has 1 aliphatic carbocycles. The lowest BCUT2D eigenvalue weighted by Gasteiger charge is -2.34. The molecule has 1 unspecified atom stereocenters. The van der Waals surface area contributed by atoms with Gasteiger partial charge in [-0.2, -0.15) is 0 Å². The van der Waals surface area contributed by atoms with E-state index in [1.807, 2.05) is 32.3 Å². The molecule has 1 atom stereocenters. The number of carbonyl (C=O) groups excluding carboxylic acids is 1. The predicted molar refractivity (Wildman–Crippen MR) is 117 cm³/mol. The van der Waals surface area contributed by atoms with Crippen LogP contribution in [-0.4, -0.2) is 19.9 Å². The van der Waals surface area contributed by atoms with Crippen LogP contribution in [0.25, 0.3) is 0 Å². The highest BCUT2D eigenvalue weighted by Crippen LogP contribution is 2.45. The second-order valence-electron chi connectivity index (χ2n) is 8.71. The number of ketones is 1. The van der Waals surface area contributed by atoms with E-state index in [0.717, 1.165) is 40.3 Å². The first-order valence-electron chi connectivity index (χ1n) is 9.60. The summed E-state index contributed by atoms with van der Waals surface area (Å²) in [6.45, 7) is 4.30. The van der Waals surface area contributed by atoms with Crippen molar-refractivity contribution in [3.05, 3.63) is 64.3 Å². The molecule has 4 rings (SSSR count). The van der Waals surface area contributed by atoms with Crippen LogP contribution < -0.4 is 15.5 Å². The van der Waals surface area contributed by atoms with E-state index < -0.39 is 0 Å². The van der Waals surface area contributed by atoms with Crippen molar-refractivity contribution >= 4 is 34.4 Å². The predicted octanol–water partition coefficient (Wildman–Crippen LogP) is 5.63. The Morgan fingerprint density at radius 3 is 2.43 bits per heavy atom. The number of rotatable bonds is 2. The first kappa shape index (κ1) is 18.9. The Morgan fingerprint density at radius 1 is 1.04 bits per heavy atom. The van der Waals surface area contributed by atoms with Gasteiger partial charge in [-0.25, -0.2) is 0 Å². The molecule has 0 saturated heterocycles. The number of carbonyl (C=O) groups is 1. The van der Waals surface area contributed by atoms with Crippen molar-refractivity contribution < 1.29 is 4.79 Å². The molecule has 2 aliphatic rings. The van der Waals surface area contributed by atoms with E-state index >= 15 is 0 Å². The maximum absolute atomic E-state index is 13.2. The van der Waals surface area contributed by atoms with Gasteiger partial charge < -0.3 is 15.5 Å². The van der Waals surface area contributed by atoms with Gasteiger partial charge in [0.2, 0.25) is 0 Å². The molecule has 2 aromatic rings. The molecular formula is C23H26ClN3O. The zero-order valence-electron chi connectivity index (χ0n) is 16.8. The fourth-order valence-electron chi connectivity index (χ4n) is 4.13. The van der Waals surface area contributed by atoms with Crippen molar-refractivity contribution in [3.8, 4) is 0 Å². The molecule has 4 nitrogen and oxygen atoms in total. The van der Waals surface area contributed by atoms with Crippen molar-refractivity contribution in [1.29, 1.82) is 0 Å². The standard InChI is InChI=1S/C23H26ClN3O/c1-23(2)12-19-21(20(28)13-23)22(14-5-8-16(9-6-14)27(3)4)26-18-11-15(24)7-10-17(18)25-19/h5-11,22,25-26H,12-13H2,1-4H3. The number of hydrogen-bond acceptors (Lipinski definition) is 4. The van der Waals surface area contributed by atoms with Crippen LogP contribution in [0.2, 0.25) is 5.02 Å². The average Bonchev–Trinajstić information content (AvgIpc) is 2.77. The van der Waals surface area contributed by atoms with Gasteiger partial charge in [0.25, 0.3) is 0 Å². The number of anilines is 3. The fraction of sp³-hybridized carbons (Fsp3) is 0.348. The van der Waals surface area contributed by atoms with Crippen LogP contribution in [-0.2, 0) is 4.79 Å². The van der Waals surface area contributed by atoms with Crippen LogP contribution in [0, 0.1) is 5.41 Å². The third-order valence-electron chi connectivity index (χ3n) is 5.52. The number of benzene rings is 2. The maximum Gasteiger partial charge on any atom is 0.163 e. The van der Waals surface area contributed by atoms with Crippen molar-refractivity contribution in [2.45, 2.75) is 32.7 Å². The van der Waals surface area contributed by atoms with Crippen LogP contribution in [0.5, 0.6) is 0 Å². The highest BCUT2D eigenvalue weighted by Gasteiger charge is 2.38. The van der Waals surface area contributed by atoms with E-state index in [2.05, 4.69) is 53.6 Å². The van der Waals surface area contributed by atoms with Gasteiger partial charge in [0.15, 0.2) is 5.78 Å². The molecule has 0 radical (unpaired) electrons. The second kappa shape index (κ2) is 6.85. The highest BCUT2D eigenvalue weighted by molar-refractivity contribution is 6.31. The first-order valence-corrected chi connectivity index (χ1v) is 9.98. The van der Waals surface area contributed by atoms with E-state index in [1.54, 1.807) is 0 Å². The zero-order chi connectivity index (χ0) is 20.1. The maximum atomic E-state index is 13.2. The minimum atomic E-state index is -0.206. The summed E-state index contributed by atoms with van der Waals surface area (Å²) in [6.07, 6.45) is 1.39. The highest BCUT2D eigenvalue weighted by atomic mass is 35.5. The summed E-state index contributed by atoms with van der Waals surface area (Å²) in [6, 6.07) is 13.9. The number of Topliss-reactive ketones (excluding diaryl/α,β-unsaturated/α-hetero) is 1. The largest absolute Gasteiger partial charge is 0.378 e. The minimum Gasteiger partial charge on any atom is -0.378 e. The van der Waals surface area contributed by atoms with Gasteiger partial charge in [-0.3, -0.25) is 4.79 Å². The smallest absolute Gasteiger partial charge is 0.163 e. The molecule has 1 heterocycles. The Balaban J connectivity index is 1.84. The summed E-state index contributed by atoms with van der Waals surface area (Å²) in [5, 5.41) is 7.78. The van der Waals surface area contributed by atoms with Crippen molar-refractivity contribution in [1.82, 2.24) is 0 Å². The second-order valence-corrected chi connectivity index (χ2v) is 9.15. The quantitative estimate of drug-likeness (QED) is 0.691. The number of allylic oxidation sites excluding steroid dienone is 1. The van der Waals surface area contributed by atoms with E-state index in [9.17, 15) is 4.79 Å². The summed E-state index contributed by atoms with van der Waals surface area (Å²) < 4.78 is 0. The molecule has 0 fully saturated rings. The van der Waals surface area contributed by atoms with Gasteiger partial charge in [-0.05, 0) is 47.7 Å². The normalized spacial score (nSPS) is 20.5. The van der Waals surface area contributed by atoms with Crippen LogP contribution in [0.4, 0.5) is 17.1 Å². The monoisotopic (exact) mass is 395 g/mol. The third-order valence-corrected chi connectivity index (χ3v) is 5.75. The Morgan fingerprint density at radius 2 is 1.75 bits per heavy atom. The molecule has 0 bridgehead atoms. The molecule has 2 N–H and O–H groups in total. The number of nitrogens with one attached hydrogen (secondary N) is 2. The molecule has 0 spiro atoms. The van der Waals surface area contributed by atoms with Gasteiger partial charge in [0.05, 0.1) is 17.4 Å². The van der Waals surface area contributed by atoms with E-state index in [4.69, 9.17) is 11.6 Å². The van der Waals surface area contributed by atoms with Crippen LogP contribution >= 0.6 is 11.6 Å². The zero-order valence-corrected chi connectivity index (χ0v) is 17.5. The van der Waals surface area contributed by atoms with Gasteiger partial charge in [-0.15, -0.1) is 0 Å². The topological polar surface area (TPSA) is 44.4 Å². The average molecular weight is 396 g/mol. The Hall–Kier alpha value is -2.46. The molecule has 28 heavy (non-hydrogen) atoms. The van der Waals surface area contributed by atoms with Gasteiger partial charge in [-0.1, -0.05) is 37.6 Å². The molecule has 0 saturated carbocycles. The number of hydrogen-bond donors (Lipinski definition) is 2. The number of halogens is 1. The van der Waals surface area contributed by atoms with E-state index in [1.165, 1.54) is 0 Å². The molecule has 2 aromatic carbocycles. The Labute approximate surface area is 171 Å². The lowest BCUT2D eigenvalue weighted by molar-refractivity contribution is -0.118. The van der Waals surface area contributed by atoms with Crippen molar-refractivity contribution in [3.63, 3.8) is 0 Å². The third kappa shape index (κ3) is 3.49. The lowest BCUT2D eigenvalue weighted by Crippen LogP contribution is -2.31. The SMILES string of the molecule is CN(C)c1ccc(C2Nc3cc(Cl)ccc3NC3=C2C(=O)CC(C)(C)C3)cc1. The minimum absolute atomic E-state index is 0.0564. The Bertz CT molecular complexity index is 960. The molecular weight excluding hydrogens is 370 g/mol. The number of nitrogens with zero attached hydrogens (tertiary/aromatic N) is 1. The summed E-state index contributed by atoms with van der Waals surface area (Å²) in [4.78, 5) is 15.3. The fourth-order valence-corrected chi connectivity index (χ4v) is 4.30. The first-order chi connectivity index (χ1) is 13.2. The van der Waals surface area contributed by atoms with Crippen molar-refractivity contribution in [2.75, 3.05) is 29.6 Å². The summed E-state index contributed by atoms with van der Waals surface area (Å²) in [5.41, 5.74) is 5.86. The summed E-state index contributed by atoms with van der Waals surface area (Å²) in [5.74, 6) is 0.201. The molecule has 0 amide bonds.